The third kappa shape index (κ3) is 2.71. The maximum atomic E-state index is 11.3. The van der Waals surface area contributed by atoms with Crippen molar-refractivity contribution in [3.8, 4) is 22.3 Å². The molecule has 1 amide bonds. The molecule has 0 heterocycles. The Labute approximate surface area is 142 Å². The molecule has 1 aliphatic carbocycles. The van der Waals surface area contributed by atoms with E-state index < -0.39 is 5.91 Å². The molecule has 0 atom stereocenters. The van der Waals surface area contributed by atoms with Crippen LogP contribution in [0.2, 0.25) is 0 Å². The fourth-order valence-corrected chi connectivity index (χ4v) is 3.29. The Balaban J connectivity index is 1.89. The van der Waals surface area contributed by atoms with Crippen molar-refractivity contribution in [2.24, 2.45) is 5.73 Å². The van der Waals surface area contributed by atoms with Crippen molar-refractivity contribution in [1.29, 1.82) is 0 Å². The number of rotatable bonds is 4. The van der Waals surface area contributed by atoms with Gasteiger partial charge in [-0.2, -0.15) is 0 Å². The number of primary amides is 1. The molecule has 0 radical (unpaired) electrons. The lowest BCUT2D eigenvalue weighted by Gasteiger charge is -2.15. The van der Waals surface area contributed by atoms with E-state index in [0.717, 1.165) is 5.56 Å². The van der Waals surface area contributed by atoms with Crippen LogP contribution in [0.5, 0.6) is 0 Å². The average molecular weight is 313 g/mol. The second kappa shape index (κ2) is 5.97. The minimum atomic E-state index is -0.392. The topological polar surface area (TPSA) is 43.1 Å². The van der Waals surface area contributed by atoms with Gasteiger partial charge in [-0.1, -0.05) is 60.7 Å². The summed E-state index contributed by atoms with van der Waals surface area (Å²) in [7, 11) is 0. The van der Waals surface area contributed by atoms with Crippen LogP contribution >= 0.6 is 0 Å². The van der Waals surface area contributed by atoms with Crippen LogP contribution in [0.25, 0.3) is 22.3 Å². The Morgan fingerprint density at radius 3 is 2.12 bits per heavy atom. The number of nitrogens with two attached hydrogens (primary N) is 1. The predicted octanol–water partition coefficient (Wildman–Crippen LogP) is 5.00. The number of carbonyl (C=O) groups excluding carboxylic acids is 1. The first-order chi connectivity index (χ1) is 11.7. The summed E-state index contributed by atoms with van der Waals surface area (Å²) in [6, 6.07) is 24.7. The zero-order valence-corrected chi connectivity index (χ0v) is 13.4. The van der Waals surface area contributed by atoms with Crippen molar-refractivity contribution in [2.75, 3.05) is 0 Å². The first-order valence-electron chi connectivity index (χ1n) is 8.32. The van der Waals surface area contributed by atoms with Gasteiger partial charge in [0.1, 0.15) is 0 Å². The van der Waals surface area contributed by atoms with Gasteiger partial charge in [-0.05, 0) is 58.7 Å². The molecule has 3 aromatic rings. The summed E-state index contributed by atoms with van der Waals surface area (Å²) in [4.78, 5) is 11.3. The molecule has 24 heavy (non-hydrogen) atoms. The van der Waals surface area contributed by atoms with E-state index in [1.54, 1.807) is 12.1 Å². The zero-order chi connectivity index (χ0) is 16.5. The van der Waals surface area contributed by atoms with Gasteiger partial charge in [-0.3, -0.25) is 4.79 Å². The highest BCUT2D eigenvalue weighted by molar-refractivity contribution is 5.94. The molecular formula is C22H19NO. The van der Waals surface area contributed by atoms with Gasteiger partial charge >= 0.3 is 0 Å². The molecule has 0 aliphatic heterocycles. The van der Waals surface area contributed by atoms with Gasteiger partial charge in [0.05, 0.1) is 0 Å². The van der Waals surface area contributed by atoms with Crippen LogP contribution in [0.4, 0.5) is 0 Å². The molecule has 2 heteroatoms. The van der Waals surface area contributed by atoms with E-state index >= 15 is 0 Å². The molecular weight excluding hydrogens is 294 g/mol. The Hall–Kier alpha value is -2.87. The summed E-state index contributed by atoms with van der Waals surface area (Å²) < 4.78 is 0. The van der Waals surface area contributed by atoms with E-state index in [1.165, 1.54) is 35.1 Å². The van der Waals surface area contributed by atoms with Crippen molar-refractivity contribution < 1.29 is 4.79 Å². The van der Waals surface area contributed by atoms with Crippen LogP contribution in [0, 0.1) is 0 Å². The first-order valence-corrected chi connectivity index (χ1v) is 8.32. The average Bonchev–Trinajstić information content (AvgIpc) is 3.47. The smallest absolute Gasteiger partial charge is 0.248 e. The molecule has 1 aliphatic rings. The number of hydrogen-bond donors (Lipinski definition) is 1. The Bertz CT molecular complexity index is 878. The minimum absolute atomic E-state index is 0.392. The molecule has 4 rings (SSSR count). The van der Waals surface area contributed by atoms with E-state index in [1.807, 2.05) is 18.2 Å². The molecule has 3 aromatic carbocycles. The molecule has 1 fully saturated rings. The van der Waals surface area contributed by atoms with Crippen LogP contribution in [0.1, 0.15) is 34.7 Å². The maximum Gasteiger partial charge on any atom is 0.248 e. The highest BCUT2D eigenvalue weighted by atomic mass is 16.1. The molecule has 0 aromatic heterocycles. The standard InChI is InChI=1S/C22H19NO/c23-22(24)18-13-11-16(12-14-18)20-8-4-7-19(15-9-10-15)21(20)17-5-2-1-3-6-17/h1-8,11-15H,9-10H2,(H2,23,24). The monoisotopic (exact) mass is 313 g/mol. The predicted molar refractivity (Wildman–Crippen MR) is 97.8 cm³/mol. The highest BCUT2D eigenvalue weighted by Gasteiger charge is 2.27. The fraction of sp³-hybridized carbons (Fsp3) is 0.136. The van der Waals surface area contributed by atoms with Crippen molar-refractivity contribution in [1.82, 2.24) is 0 Å². The lowest BCUT2D eigenvalue weighted by atomic mass is 9.88. The van der Waals surface area contributed by atoms with Gasteiger partial charge in [0.25, 0.3) is 0 Å². The molecule has 2 nitrogen and oxygen atoms in total. The van der Waals surface area contributed by atoms with Gasteiger partial charge in [-0.15, -0.1) is 0 Å². The van der Waals surface area contributed by atoms with E-state index in [4.69, 9.17) is 5.73 Å². The number of amides is 1. The van der Waals surface area contributed by atoms with Gasteiger partial charge in [0.15, 0.2) is 0 Å². The number of hydrogen-bond acceptors (Lipinski definition) is 1. The normalized spacial score (nSPS) is 13.7. The molecule has 0 saturated heterocycles. The molecule has 0 unspecified atom stereocenters. The molecule has 1 saturated carbocycles. The summed E-state index contributed by atoms with van der Waals surface area (Å²) in [6.07, 6.45) is 2.54. The van der Waals surface area contributed by atoms with E-state index in [9.17, 15) is 4.79 Å². The molecule has 2 N–H and O–H groups in total. The van der Waals surface area contributed by atoms with Crippen LogP contribution in [0.3, 0.4) is 0 Å². The third-order valence-electron chi connectivity index (χ3n) is 4.66. The first kappa shape index (κ1) is 14.7. The lowest BCUT2D eigenvalue weighted by molar-refractivity contribution is 0.100. The largest absolute Gasteiger partial charge is 0.366 e. The van der Waals surface area contributed by atoms with Crippen LogP contribution < -0.4 is 5.73 Å². The number of carbonyl (C=O) groups is 1. The summed E-state index contributed by atoms with van der Waals surface area (Å²) >= 11 is 0. The molecule has 0 spiro atoms. The lowest BCUT2D eigenvalue weighted by Crippen LogP contribution is -2.10. The summed E-state index contributed by atoms with van der Waals surface area (Å²) in [5, 5.41) is 0. The van der Waals surface area contributed by atoms with E-state index in [2.05, 4.69) is 42.5 Å². The van der Waals surface area contributed by atoms with Gasteiger partial charge in [-0.25, -0.2) is 0 Å². The van der Waals surface area contributed by atoms with Crippen LogP contribution in [-0.2, 0) is 0 Å². The quantitative estimate of drug-likeness (QED) is 0.724. The molecule has 118 valence electrons. The minimum Gasteiger partial charge on any atom is -0.366 e. The maximum absolute atomic E-state index is 11.3. The van der Waals surface area contributed by atoms with E-state index in [-0.39, 0.29) is 0 Å². The van der Waals surface area contributed by atoms with Crippen molar-refractivity contribution in [2.45, 2.75) is 18.8 Å². The second-order valence-electron chi connectivity index (χ2n) is 6.35. The summed E-state index contributed by atoms with van der Waals surface area (Å²) in [5.74, 6) is 0.279. The van der Waals surface area contributed by atoms with E-state index in [0.29, 0.717) is 11.5 Å². The highest BCUT2D eigenvalue weighted by Crippen LogP contribution is 2.47. The van der Waals surface area contributed by atoms with Crippen LogP contribution in [0.15, 0.2) is 72.8 Å². The second-order valence-corrected chi connectivity index (χ2v) is 6.35. The zero-order valence-electron chi connectivity index (χ0n) is 13.4. The Kier molecular flexibility index (Phi) is 3.66. The Morgan fingerprint density at radius 1 is 0.792 bits per heavy atom. The van der Waals surface area contributed by atoms with Gasteiger partial charge in [0, 0.05) is 5.56 Å². The summed E-state index contributed by atoms with van der Waals surface area (Å²) in [6.45, 7) is 0. The van der Waals surface area contributed by atoms with Gasteiger partial charge in [0.2, 0.25) is 5.91 Å². The van der Waals surface area contributed by atoms with Crippen molar-refractivity contribution in [3.05, 3.63) is 83.9 Å². The molecule has 0 bridgehead atoms. The Morgan fingerprint density at radius 2 is 1.50 bits per heavy atom. The van der Waals surface area contributed by atoms with Crippen LogP contribution in [-0.4, -0.2) is 5.91 Å². The SMILES string of the molecule is NC(=O)c1ccc(-c2cccc(C3CC3)c2-c2ccccc2)cc1. The van der Waals surface area contributed by atoms with Crippen molar-refractivity contribution >= 4 is 5.91 Å². The number of benzene rings is 3. The third-order valence-corrected chi connectivity index (χ3v) is 4.66. The fourth-order valence-electron chi connectivity index (χ4n) is 3.29. The summed E-state index contributed by atoms with van der Waals surface area (Å²) in [5.41, 5.74) is 12.2. The van der Waals surface area contributed by atoms with Gasteiger partial charge < -0.3 is 5.73 Å². The van der Waals surface area contributed by atoms with Crippen molar-refractivity contribution in [3.63, 3.8) is 0 Å².